The van der Waals surface area contributed by atoms with Crippen molar-refractivity contribution in [3.63, 3.8) is 0 Å². The van der Waals surface area contributed by atoms with Gasteiger partial charge in [-0.05, 0) is 40.0 Å². The van der Waals surface area contributed by atoms with E-state index in [1.807, 2.05) is 25.7 Å². The van der Waals surface area contributed by atoms with Crippen LogP contribution in [0.3, 0.4) is 0 Å². The van der Waals surface area contributed by atoms with Gasteiger partial charge in [0.15, 0.2) is 0 Å². The van der Waals surface area contributed by atoms with Gasteiger partial charge in [-0.3, -0.25) is 4.90 Å². The molecule has 2 aliphatic heterocycles. The molecular weight excluding hydrogens is 190 g/mol. The van der Waals surface area contributed by atoms with Crippen LogP contribution in [0.15, 0.2) is 12.2 Å². The first-order valence-corrected chi connectivity index (χ1v) is 5.57. The highest BCUT2D eigenvalue weighted by atomic mass is 16.6. The minimum atomic E-state index is -0.402. The van der Waals surface area contributed by atoms with Gasteiger partial charge in [0.25, 0.3) is 0 Å². The number of amides is 1. The van der Waals surface area contributed by atoms with Gasteiger partial charge in [-0.25, -0.2) is 4.79 Å². The molecule has 2 aliphatic rings. The van der Waals surface area contributed by atoms with Gasteiger partial charge in [-0.15, -0.1) is 0 Å². The first-order valence-electron chi connectivity index (χ1n) is 5.57. The average molecular weight is 209 g/mol. The largest absolute Gasteiger partial charge is 0.444 e. The van der Waals surface area contributed by atoms with E-state index in [0.717, 1.165) is 19.3 Å². The van der Waals surface area contributed by atoms with Crippen LogP contribution in [0.25, 0.3) is 0 Å². The summed E-state index contributed by atoms with van der Waals surface area (Å²) in [4.78, 5) is 13.8. The molecule has 2 atom stereocenters. The second-order valence-electron chi connectivity index (χ2n) is 5.50. The molecule has 2 heterocycles. The molecule has 2 rings (SSSR count). The summed E-state index contributed by atoms with van der Waals surface area (Å²) in [6.45, 7) is 9.72. The van der Waals surface area contributed by atoms with Crippen molar-refractivity contribution in [3.05, 3.63) is 12.2 Å². The fourth-order valence-electron chi connectivity index (χ4n) is 2.51. The molecule has 0 saturated carbocycles. The average Bonchev–Trinajstić information content (AvgIpc) is 2.55. The zero-order valence-corrected chi connectivity index (χ0v) is 9.75. The van der Waals surface area contributed by atoms with Gasteiger partial charge >= 0.3 is 6.09 Å². The summed E-state index contributed by atoms with van der Waals surface area (Å²) < 4.78 is 5.40. The molecule has 0 aromatic heterocycles. The topological polar surface area (TPSA) is 29.5 Å². The predicted molar refractivity (Wildman–Crippen MR) is 58.6 cm³/mol. The molecule has 0 spiro atoms. The number of hydrogen-bond donors (Lipinski definition) is 0. The smallest absolute Gasteiger partial charge is 0.411 e. The Morgan fingerprint density at radius 2 is 2.13 bits per heavy atom. The number of rotatable bonds is 0. The molecule has 84 valence electrons. The van der Waals surface area contributed by atoms with Crippen molar-refractivity contribution in [2.24, 2.45) is 0 Å². The van der Waals surface area contributed by atoms with Gasteiger partial charge in [0.2, 0.25) is 0 Å². The van der Waals surface area contributed by atoms with Crippen LogP contribution < -0.4 is 0 Å². The van der Waals surface area contributed by atoms with Crippen molar-refractivity contribution >= 4 is 6.09 Å². The Labute approximate surface area is 91.1 Å². The van der Waals surface area contributed by atoms with E-state index in [-0.39, 0.29) is 12.1 Å². The molecule has 0 unspecified atom stereocenters. The fourth-order valence-corrected chi connectivity index (χ4v) is 2.51. The molecule has 15 heavy (non-hydrogen) atoms. The summed E-state index contributed by atoms with van der Waals surface area (Å²) in [6.07, 6.45) is 2.95. The molecule has 0 radical (unpaired) electrons. The molecule has 0 aromatic carbocycles. The predicted octanol–water partition coefficient (Wildman–Crippen LogP) is 2.71. The highest BCUT2D eigenvalue weighted by molar-refractivity contribution is 5.71. The highest BCUT2D eigenvalue weighted by Crippen LogP contribution is 2.41. The summed E-state index contributed by atoms with van der Waals surface area (Å²) in [5, 5.41) is 0. The number of fused-ring (bicyclic) bond motifs is 2. The molecule has 0 N–H and O–H groups in total. The van der Waals surface area contributed by atoms with Crippen LogP contribution in [0.1, 0.15) is 40.0 Å². The number of nitrogens with zero attached hydrogens (tertiary/aromatic N) is 1. The minimum absolute atomic E-state index is 0.173. The Kier molecular flexibility index (Phi) is 2.28. The Morgan fingerprint density at radius 1 is 1.47 bits per heavy atom. The van der Waals surface area contributed by atoms with E-state index in [2.05, 4.69) is 6.58 Å². The third kappa shape index (κ3) is 1.87. The van der Waals surface area contributed by atoms with Crippen molar-refractivity contribution in [2.75, 3.05) is 0 Å². The Morgan fingerprint density at radius 3 is 2.53 bits per heavy atom. The summed E-state index contributed by atoms with van der Waals surface area (Å²) in [6, 6.07) is 0.585. The van der Waals surface area contributed by atoms with Gasteiger partial charge in [0, 0.05) is 6.04 Å². The molecule has 3 heteroatoms. The Balaban J connectivity index is 2.06. The highest BCUT2D eigenvalue weighted by Gasteiger charge is 2.46. The minimum Gasteiger partial charge on any atom is -0.444 e. The maximum atomic E-state index is 11.9. The summed E-state index contributed by atoms with van der Waals surface area (Å²) in [5.41, 5.74) is 0.789. The summed E-state index contributed by atoms with van der Waals surface area (Å²) in [5.74, 6) is 0. The van der Waals surface area contributed by atoms with Crippen LogP contribution in [0.4, 0.5) is 4.79 Å². The Bertz CT molecular complexity index is 303. The van der Waals surface area contributed by atoms with E-state index in [4.69, 9.17) is 4.74 Å². The fraction of sp³-hybridized carbons (Fsp3) is 0.750. The van der Waals surface area contributed by atoms with Gasteiger partial charge in [0.05, 0.1) is 6.04 Å². The van der Waals surface area contributed by atoms with E-state index < -0.39 is 5.60 Å². The lowest BCUT2D eigenvalue weighted by molar-refractivity contribution is 0.0224. The van der Waals surface area contributed by atoms with Crippen molar-refractivity contribution in [2.45, 2.75) is 57.7 Å². The maximum Gasteiger partial charge on any atom is 0.411 e. The van der Waals surface area contributed by atoms with Crippen LogP contribution in [0, 0.1) is 0 Å². The number of hydrogen-bond acceptors (Lipinski definition) is 2. The van der Waals surface area contributed by atoms with Crippen molar-refractivity contribution < 1.29 is 9.53 Å². The lowest BCUT2D eigenvalue weighted by Crippen LogP contribution is -2.39. The van der Waals surface area contributed by atoms with E-state index in [9.17, 15) is 4.79 Å². The molecule has 2 bridgehead atoms. The molecule has 0 aliphatic carbocycles. The first-order chi connectivity index (χ1) is 6.88. The van der Waals surface area contributed by atoms with Crippen molar-refractivity contribution in [1.29, 1.82) is 0 Å². The molecular formula is C12H19NO2. The van der Waals surface area contributed by atoms with Crippen LogP contribution in [-0.4, -0.2) is 28.7 Å². The SMILES string of the molecule is C=C1C[C@@H]2CC[C@H]1N2C(=O)OC(C)(C)C. The normalized spacial score (nSPS) is 29.8. The van der Waals surface area contributed by atoms with E-state index in [0.29, 0.717) is 6.04 Å². The molecule has 2 saturated heterocycles. The number of carbonyl (C=O) groups is 1. The van der Waals surface area contributed by atoms with Crippen molar-refractivity contribution in [3.8, 4) is 0 Å². The zero-order valence-electron chi connectivity index (χ0n) is 9.75. The molecule has 0 aromatic rings. The van der Waals surface area contributed by atoms with Gasteiger partial charge in [-0.2, -0.15) is 0 Å². The molecule has 3 nitrogen and oxygen atoms in total. The third-order valence-electron chi connectivity index (χ3n) is 3.08. The van der Waals surface area contributed by atoms with Gasteiger partial charge in [-0.1, -0.05) is 12.2 Å². The van der Waals surface area contributed by atoms with E-state index >= 15 is 0 Å². The van der Waals surface area contributed by atoms with E-state index in [1.165, 1.54) is 5.57 Å². The number of ether oxygens (including phenoxy) is 1. The van der Waals surface area contributed by atoms with Crippen LogP contribution in [0.5, 0.6) is 0 Å². The lowest BCUT2D eigenvalue weighted by atomic mass is 9.97. The molecule has 2 fully saturated rings. The van der Waals surface area contributed by atoms with E-state index in [1.54, 1.807) is 0 Å². The number of carbonyl (C=O) groups excluding carboxylic acids is 1. The maximum absolute atomic E-state index is 11.9. The lowest BCUT2D eigenvalue weighted by Gasteiger charge is -2.27. The third-order valence-corrected chi connectivity index (χ3v) is 3.08. The molecule has 1 amide bonds. The summed E-state index contributed by atoms with van der Waals surface area (Å²) >= 11 is 0. The van der Waals surface area contributed by atoms with Crippen LogP contribution in [-0.2, 0) is 4.74 Å². The standard InChI is InChI=1S/C12H19NO2/c1-8-7-9-5-6-10(8)13(9)11(14)15-12(2,3)4/h9-10H,1,5-7H2,2-4H3/t9-,10+/m0/s1. The van der Waals surface area contributed by atoms with Gasteiger partial charge in [0.1, 0.15) is 5.60 Å². The quantitative estimate of drug-likeness (QED) is 0.574. The second-order valence-corrected chi connectivity index (χ2v) is 5.50. The first kappa shape index (κ1) is 10.5. The van der Waals surface area contributed by atoms with Gasteiger partial charge < -0.3 is 4.74 Å². The Hall–Kier alpha value is -0.990. The summed E-state index contributed by atoms with van der Waals surface area (Å²) in [7, 11) is 0. The zero-order chi connectivity index (χ0) is 11.2. The monoisotopic (exact) mass is 209 g/mol. The second kappa shape index (κ2) is 3.26. The van der Waals surface area contributed by atoms with Crippen LogP contribution >= 0.6 is 0 Å². The van der Waals surface area contributed by atoms with Crippen LogP contribution in [0.2, 0.25) is 0 Å². The van der Waals surface area contributed by atoms with Crippen molar-refractivity contribution in [1.82, 2.24) is 4.90 Å².